The lowest BCUT2D eigenvalue weighted by atomic mass is 9.99. The summed E-state index contributed by atoms with van der Waals surface area (Å²) in [6, 6.07) is 0. The largest absolute Gasteiger partial charge is 0.466 e. The van der Waals surface area contributed by atoms with E-state index in [1.807, 2.05) is 6.92 Å². The number of nitrogens with one attached hydrogen (secondary N) is 1. The number of carbonyl (C=O) groups is 1. The number of hydrogen-bond acceptors (Lipinski definition) is 3. The predicted octanol–water partition coefficient (Wildman–Crippen LogP) is 5.09. The molecule has 0 spiro atoms. The summed E-state index contributed by atoms with van der Waals surface area (Å²) in [7, 11) is 0. The van der Waals surface area contributed by atoms with Crippen molar-refractivity contribution in [3.05, 3.63) is 0 Å². The zero-order valence-electron chi connectivity index (χ0n) is 15.3. The summed E-state index contributed by atoms with van der Waals surface area (Å²) in [5.41, 5.74) is 0. The van der Waals surface area contributed by atoms with E-state index in [1.54, 1.807) is 0 Å². The quantitative estimate of drug-likeness (QED) is 0.319. The predicted molar refractivity (Wildman–Crippen MR) is 95.1 cm³/mol. The molecule has 22 heavy (non-hydrogen) atoms. The topological polar surface area (TPSA) is 38.3 Å². The van der Waals surface area contributed by atoms with Gasteiger partial charge in [0.1, 0.15) is 0 Å². The van der Waals surface area contributed by atoms with Crippen molar-refractivity contribution in [2.24, 2.45) is 5.92 Å². The number of unbranched alkanes of at least 4 members (excludes halogenated alkanes) is 9. The van der Waals surface area contributed by atoms with Crippen molar-refractivity contribution >= 4 is 5.97 Å². The first-order chi connectivity index (χ1) is 10.8. The molecular formula is C19H39NO2. The molecule has 0 heterocycles. The highest BCUT2D eigenvalue weighted by Gasteiger charge is 2.18. The molecule has 3 heteroatoms. The molecule has 0 bridgehead atoms. The van der Waals surface area contributed by atoms with Gasteiger partial charge in [-0.15, -0.1) is 0 Å². The molecule has 1 N–H and O–H groups in total. The molecule has 0 aromatic heterocycles. The standard InChI is InChI=1S/C19H39NO2/c1-4-7-8-9-10-11-12-13-14-15-16-18(17-20-5-2)19(21)22-6-3/h18,20H,4-17H2,1-3H3. The molecule has 0 aromatic rings. The summed E-state index contributed by atoms with van der Waals surface area (Å²) in [6.07, 6.45) is 14.3. The highest BCUT2D eigenvalue weighted by Crippen LogP contribution is 2.15. The molecule has 0 aromatic carbocycles. The fraction of sp³-hybridized carbons (Fsp3) is 0.947. The number of hydrogen-bond donors (Lipinski definition) is 1. The minimum absolute atomic E-state index is 0.0284. The number of ether oxygens (including phenoxy) is 1. The molecule has 0 aliphatic carbocycles. The maximum atomic E-state index is 11.9. The Morgan fingerprint density at radius 1 is 0.864 bits per heavy atom. The Morgan fingerprint density at radius 3 is 1.91 bits per heavy atom. The van der Waals surface area contributed by atoms with Gasteiger partial charge in [-0.3, -0.25) is 4.79 Å². The summed E-state index contributed by atoms with van der Waals surface area (Å²) in [6.45, 7) is 8.37. The third kappa shape index (κ3) is 13.1. The van der Waals surface area contributed by atoms with Crippen LogP contribution >= 0.6 is 0 Å². The molecule has 0 rings (SSSR count). The molecule has 132 valence electrons. The molecule has 0 aliphatic heterocycles. The van der Waals surface area contributed by atoms with Crippen LogP contribution < -0.4 is 5.32 Å². The van der Waals surface area contributed by atoms with E-state index in [4.69, 9.17) is 4.74 Å². The molecule has 1 unspecified atom stereocenters. The monoisotopic (exact) mass is 313 g/mol. The Labute approximate surface area is 138 Å². The average molecular weight is 314 g/mol. The molecular weight excluding hydrogens is 274 g/mol. The van der Waals surface area contributed by atoms with Crippen molar-refractivity contribution in [3.63, 3.8) is 0 Å². The summed E-state index contributed by atoms with van der Waals surface area (Å²) < 4.78 is 5.16. The lowest BCUT2D eigenvalue weighted by Gasteiger charge is -2.15. The zero-order chi connectivity index (χ0) is 16.5. The Morgan fingerprint density at radius 2 is 1.41 bits per heavy atom. The first-order valence-corrected chi connectivity index (χ1v) is 9.63. The maximum absolute atomic E-state index is 11.9. The second kappa shape index (κ2) is 16.8. The average Bonchev–Trinajstić information content (AvgIpc) is 2.52. The van der Waals surface area contributed by atoms with E-state index in [1.165, 1.54) is 57.8 Å². The van der Waals surface area contributed by atoms with Crippen molar-refractivity contribution in [2.75, 3.05) is 19.7 Å². The normalized spacial score (nSPS) is 12.3. The second-order valence-electron chi connectivity index (χ2n) is 6.23. The lowest BCUT2D eigenvalue weighted by molar-refractivity contribution is -0.148. The summed E-state index contributed by atoms with van der Waals surface area (Å²) in [5, 5.41) is 3.27. The summed E-state index contributed by atoms with van der Waals surface area (Å²) >= 11 is 0. The van der Waals surface area contributed by atoms with Gasteiger partial charge in [-0.05, 0) is 19.9 Å². The van der Waals surface area contributed by atoms with Crippen molar-refractivity contribution in [3.8, 4) is 0 Å². The van der Waals surface area contributed by atoms with Crippen LogP contribution in [0.4, 0.5) is 0 Å². The molecule has 3 nitrogen and oxygen atoms in total. The molecule has 0 radical (unpaired) electrons. The van der Waals surface area contributed by atoms with Crippen molar-refractivity contribution in [1.82, 2.24) is 5.32 Å². The van der Waals surface area contributed by atoms with Gasteiger partial charge in [0.25, 0.3) is 0 Å². The molecule has 0 amide bonds. The van der Waals surface area contributed by atoms with Crippen LogP contribution in [-0.2, 0) is 9.53 Å². The van der Waals surface area contributed by atoms with Gasteiger partial charge < -0.3 is 10.1 Å². The van der Waals surface area contributed by atoms with Crippen molar-refractivity contribution in [1.29, 1.82) is 0 Å². The SMILES string of the molecule is CCCCCCCCCCCCC(CNCC)C(=O)OCC. The van der Waals surface area contributed by atoms with Crippen molar-refractivity contribution < 1.29 is 9.53 Å². The number of esters is 1. The van der Waals surface area contributed by atoms with Gasteiger partial charge in [-0.2, -0.15) is 0 Å². The summed E-state index contributed by atoms with van der Waals surface area (Å²) in [4.78, 5) is 11.9. The van der Waals surface area contributed by atoms with Crippen LogP contribution in [0.5, 0.6) is 0 Å². The first kappa shape index (κ1) is 21.4. The van der Waals surface area contributed by atoms with Crippen LogP contribution in [0.1, 0.15) is 91.4 Å². The van der Waals surface area contributed by atoms with Crippen LogP contribution in [0.15, 0.2) is 0 Å². The van der Waals surface area contributed by atoms with Gasteiger partial charge in [-0.25, -0.2) is 0 Å². The highest BCUT2D eigenvalue weighted by atomic mass is 16.5. The minimum Gasteiger partial charge on any atom is -0.466 e. The van der Waals surface area contributed by atoms with E-state index < -0.39 is 0 Å². The maximum Gasteiger partial charge on any atom is 0.310 e. The van der Waals surface area contributed by atoms with Gasteiger partial charge in [0.05, 0.1) is 12.5 Å². The fourth-order valence-electron chi connectivity index (χ4n) is 2.76. The third-order valence-corrected chi connectivity index (χ3v) is 4.17. The van der Waals surface area contributed by atoms with Gasteiger partial charge in [0.2, 0.25) is 0 Å². The molecule has 0 aliphatic rings. The van der Waals surface area contributed by atoms with Gasteiger partial charge in [0, 0.05) is 6.54 Å². The Kier molecular flexibility index (Phi) is 16.4. The molecule has 0 saturated carbocycles. The van der Waals surface area contributed by atoms with Crippen molar-refractivity contribution in [2.45, 2.75) is 91.4 Å². The zero-order valence-corrected chi connectivity index (χ0v) is 15.3. The van der Waals surface area contributed by atoms with Gasteiger partial charge in [-0.1, -0.05) is 78.1 Å². The number of carbonyl (C=O) groups excluding carboxylic acids is 1. The second-order valence-corrected chi connectivity index (χ2v) is 6.23. The van der Waals surface area contributed by atoms with Crippen LogP contribution in [0.3, 0.4) is 0 Å². The first-order valence-electron chi connectivity index (χ1n) is 9.63. The van der Waals surface area contributed by atoms with E-state index >= 15 is 0 Å². The van der Waals surface area contributed by atoms with Gasteiger partial charge >= 0.3 is 5.97 Å². The van der Waals surface area contributed by atoms with E-state index in [2.05, 4.69) is 19.2 Å². The van der Waals surface area contributed by atoms with Crippen LogP contribution in [-0.4, -0.2) is 25.7 Å². The number of rotatable bonds is 16. The van der Waals surface area contributed by atoms with E-state index in [0.29, 0.717) is 6.61 Å². The van der Waals surface area contributed by atoms with Crippen LogP contribution in [0.25, 0.3) is 0 Å². The third-order valence-electron chi connectivity index (χ3n) is 4.17. The van der Waals surface area contributed by atoms with E-state index in [9.17, 15) is 4.79 Å². The molecule has 0 fully saturated rings. The summed E-state index contributed by atoms with van der Waals surface area (Å²) in [5.74, 6) is 0.00770. The minimum atomic E-state index is -0.0284. The van der Waals surface area contributed by atoms with Crippen LogP contribution in [0, 0.1) is 5.92 Å². The fourth-order valence-corrected chi connectivity index (χ4v) is 2.76. The van der Waals surface area contributed by atoms with E-state index in [0.717, 1.165) is 25.9 Å². The molecule has 1 atom stereocenters. The Balaban J connectivity index is 3.56. The molecule has 0 saturated heterocycles. The van der Waals surface area contributed by atoms with Gasteiger partial charge in [0.15, 0.2) is 0 Å². The highest BCUT2D eigenvalue weighted by molar-refractivity contribution is 5.72. The Hall–Kier alpha value is -0.570. The lowest BCUT2D eigenvalue weighted by Crippen LogP contribution is -2.29. The van der Waals surface area contributed by atoms with Crippen LogP contribution in [0.2, 0.25) is 0 Å². The van der Waals surface area contributed by atoms with E-state index in [-0.39, 0.29) is 11.9 Å². The Bertz CT molecular complexity index is 244. The smallest absolute Gasteiger partial charge is 0.310 e.